The molecular formula is C41H52N4O8S. The van der Waals surface area contributed by atoms with Gasteiger partial charge < -0.3 is 20.1 Å². The lowest BCUT2D eigenvalue weighted by molar-refractivity contribution is -0.137. The second-order valence-electron chi connectivity index (χ2n) is 15.3. The van der Waals surface area contributed by atoms with Crippen molar-refractivity contribution in [1.29, 1.82) is 0 Å². The van der Waals surface area contributed by atoms with Gasteiger partial charge in [-0.15, -0.1) is 6.42 Å². The summed E-state index contributed by atoms with van der Waals surface area (Å²) in [6.07, 6.45) is 12.3. The lowest BCUT2D eigenvalue weighted by Gasteiger charge is -2.42. The van der Waals surface area contributed by atoms with Crippen LogP contribution in [-0.4, -0.2) is 75.1 Å². The molecule has 0 aromatic heterocycles. The molecule has 4 amide bonds. The van der Waals surface area contributed by atoms with Crippen molar-refractivity contribution in [1.82, 2.24) is 14.9 Å². The number of sulfonamides is 1. The van der Waals surface area contributed by atoms with Crippen LogP contribution in [-0.2, 0) is 29.1 Å². The number of hydrogen-bond acceptors (Lipinski definition) is 8. The molecule has 6 rings (SSSR count). The molecule has 54 heavy (non-hydrogen) atoms. The van der Waals surface area contributed by atoms with E-state index >= 15 is 0 Å². The molecule has 12 nitrogen and oxygen atoms in total. The molecule has 2 aromatic rings. The predicted molar refractivity (Wildman–Crippen MR) is 202 cm³/mol. The molecule has 13 heteroatoms. The Morgan fingerprint density at radius 3 is 1.98 bits per heavy atom. The number of para-hydroxylation sites is 1. The van der Waals surface area contributed by atoms with Crippen LogP contribution in [0.1, 0.15) is 76.2 Å². The number of amides is 4. The van der Waals surface area contributed by atoms with E-state index in [1.165, 1.54) is 12.1 Å². The van der Waals surface area contributed by atoms with Crippen molar-refractivity contribution in [3.63, 3.8) is 0 Å². The minimum Gasteiger partial charge on any atom is -0.442 e. The largest absolute Gasteiger partial charge is 0.442 e. The van der Waals surface area contributed by atoms with Crippen LogP contribution in [0, 0.1) is 48.9 Å². The maximum absolute atomic E-state index is 14.4. The van der Waals surface area contributed by atoms with E-state index in [0.29, 0.717) is 24.7 Å². The number of anilines is 1. The quantitative estimate of drug-likeness (QED) is 0.204. The van der Waals surface area contributed by atoms with Crippen LogP contribution in [0.25, 0.3) is 0 Å². The summed E-state index contributed by atoms with van der Waals surface area (Å²) < 4.78 is 41.6. The molecule has 0 bridgehead atoms. The topological polar surface area (TPSA) is 151 Å². The Balaban J connectivity index is 1.35. The third kappa shape index (κ3) is 9.09. The van der Waals surface area contributed by atoms with Gasteiger partial charge in [-0.25, -0.2) is 18.0 Å². The number of benzene rings is 2. The summed E-state index contributed by atoms with van der Waals surface area (Å²) in [5.74, 6) is -1.22. The van der Waals surface area contributed by atoms with E-state index < -0.39 is 64.0 Å². The molecule has 1 heterocycles. The van der Waals surface area contributed by atoms with Gasteiger partial charge in [0, 0.05) is 32.0 Å². The molecule has 290 valence electrons. The first-order chi connectivity index (χ1) is 26.1. The van der Waals surface area contributed by atoms with Gasteiger partial charge >= 0.3 is 12.2 Å². The standard InChI is InChI=1S/C41H52N4O8S/c1-3-23-44(54(50,51)32-21-19-28(2)20-22-32)27-34-36-33(38(46)45(39(36)47)31-17-11-6-12-18-31)24-35(52-40(48)42-25-29-13-7-4-8-14-29)37(34)53-41(49)43-26-30-15-9-5-10-16-30/h1,6,11-12,17-22,29-30,33-37H,4-5,7-10,13-16,23-27H2,2H3,(H,42,48)(H,43,49)/t33-,34-,35-,36-,37+/m1/s1. The lowest BCUT2D eigenvalue weighted by Crippen LogP contribution is -2.56. The number of aryl methyl sites for hydroxylation is 1. The van der Waals surface area contributed by atoms with Crippen molar-refractivity contribution < 1.29 is 37.1 Å². The zero-order valence-corrected chi connectivity index (χ0v) is 31.8. The van der Waals surface area contributed by atoms with Gasteiger partial charge in [0.05, 0.1) is 29.0 Å². The normalized spacial score (nSPS) is 25.1. The maximum Gasteiger partial charge on any atom is 0.407 e. The SMILES string of the molecule is C#CCN(C[C@H]1[C@H](OC(=O)NCC2CCCCC2)[C@H](OC(=O)NCC2CCCCC2)C[C@H]2C(=O)N(c3ccccc3)C(=O)[C@@H]12)S(=O)(=O)c1ccc(C)cc1. The molecule has 2 N–H and O–H groups in total. The first-order valence-electron chi connectivity index (χ1n) is 19.4. The first kappa shape index (κ1) is 39.3. The Hall–Kier alpha value is -4.41. The zero-order valence-electron chi connectivity index (χ0n) is 31.0. The number of ether oxygens (including phenoxy) is 2. The van der Waals surface area contributed by atoms with Crippen LogP contribution < -0.4 is 15.5 Å². The molecule has 3 saturated carbocycles. The Kier molecular flexibility index (Phi) is 13.0. The van der Waals surface area contributed by atoms with Gasteiger partial charge in [0.2, 0.25) is 21.8 Å². The number of nitrogens with zero attached hydrogens (tertiary/aromatic N) is 2. The van der Waals surface area contributed by atoms with Crippen molar-refractivity contribution in [2.24, 2.45) is 29.6 Å². The average molecular weight is 761 g/mol. The molecule has 3 aliphatic carbocycles. The summed E-state index contributed by atoms with van der Waals surface area (Å²) >= 11 is 0. The van der Waals surface area contributed by atoms with Crippen molar-refractivity contribution in [3.8, 4) is 12.3 Å². The van der Waals surface area contributed by atoms with Crippen molar-refractivity contribution >= 4 is 39.7 Å². The van der Waals surface area contributed by atoms with Gasteiger partial charge in [-0.3, -0.25) is 14.5 Å². The summed E-state index contributed by atoms with van der Waals surface area (Å²) in [6.45, 7) is 1.90. The number of alkyl carbamates (subject to hydrolysis) is 2. The number of rotatable bonds is 12. The molecular weight excluding hydrogens is 709 g/mol. The molecule has 5 atom stereocenters. The predicted octanol–water partition coefficient (Wildman–Crippen LogP) is 5.79. The van der Waals surface area contributed by atoms with Gasteiger partial charge in [-0.1, -0.05) is 80.3 Å². The van der Waals surface area contributed by atoms with Crippen LogP contribution in [0.5, 0.6) is 0 Å². The van der Waals surface area contributed by atoms with Gasteiger partial charge in [-0.05, 0) is 68.7 Å². The molecule has 0 radical (unpaired) electrons. The van der Waals surface area contributed by atoms with E-state index in [2.05, 4.69) is 16.6 Å². The number of fused-ring (bicyclic) bond motifs is 1. The highest BCUT2D eigenvalue weighted by Crippen LogP contribution is 2.46. The maximum atomic E-state index is 14.4. The van der Waals surface area contributed by atoms with Crippen LogP contribution in [0.3, 0.4) is 0 Å². The molecule has 1 aliphatic heterocycles. The summed E-state index contributed by atoms with van der Waals surface area (Å²) in [5.41, 5.74) is 1.22. The highest BCUT2D eigenvalue weighted by atomic mass is 32.2. The second kappa shape index (κ2) is 17.8. The average Bonchev–Trinajstić information content (AvgIpc) is 3.43. The molecule has 4 aliphatic rings. The fourth-order valence-electron chi connectivity index (χ4n) is 8.70. The van der Waals surface area contributed by atoms with Gasteiger partial charge in [0.25, 0.3) is 0 Å². The summed E-state index contributed by atoms with van der Waals surface area (Å²) in [7, 11) is -4.24. The number of carbonyl (C=O) groups excluding carboxylic acids is 4. The number of carbonyl (C=O) groups is 4. The highest BCUT2D eigenvalue weighted by molar-refractivity contribution is 7.89. The Morgan fingerprint density at radius 2 is 1.41 bits per heavy atom. The van der Waals surface area contributed by atoms with Crippen molar-refractivity contribution in [2.75, 3.05) is 31.1 Å². The number of imide groups is 1. The second-order valence-corrected chi connectivity index (χ2v) is 17.2. The van der Waals surface area contributed by atoms with E-state index in [4.69, 9.17) is 15.9 Å². The van der Waals surface area contributed by atoms with Crippen LogP contribution >= 0.6 is 0 Å². The van der Waals surface area contributed by atoms with Crippen LogP contribution in [0.15, 0.2) is 59.5 Å². The summed E-state index contributed by atoms with van der Waals surface area (Å²) in [4.78, 5) is 56.8. The number of terminal acetylenes is 1. The molecule has 0 spiro atoms. The van der Waals surface area contributed by atoms with Crippen LogP contribution in [0.2, 0.25) is 0 Å². The molecule has 2 aromatic carbocycles. The monoisotopic (exact) mass is 760 g/mol. The van der Waals surface area contributed by atoms with Gasteiger partial charge in [-0.2, -0.15) is 4.31 Å². The summed E-state index contributed by atoms with van der Waals surface area (Å²) in [6, 6.07) is 14.8. The van der Waals surface area contributed by atoms with E-state index in [0.717, 1.165) is 79.0 Å². The minimum absolute atomic E-state index is 0.00645. The molecule has 0 unspecified atom stereocenters. The van der Waals surface area contributed by atoms with E-state index in [9.17, 15) is 27.6 Å². The van der Waals surface area contributed by atoms with Gasteiger partial charge in [0.1, 0.15) is 12.2 Å². The number of nitrogens with one attached hydrogen (secondary N) is 2. The smallest absolute Gasteiger partial charge is 0.407 e. The zero-order chi connectivity index (χ0) is 38.2. The Labute approximate surface area is 318 Å². The lowest BCUT2D eigenvalue weighted by atomic mass is 9.70. The molecule has 1 saturated heterocycles. The van der Waals surface area contributed by atoms with E-state index in [1.54, 1.807) is 42.5 Å². The van der Waals surface area contributed by atoms with Crippen LogP contribution in [0.4, 0.5) is 15.3 Å². The highest BCUT2D eigenvalue weighted by Gasteiger charge is 2.60. The Bertz CT molecular complexity index is 1780. The minimum atomic E-state index is -4.24. The summed E-state index contributed by atoms with van der Waals surface area (Å²) in [5, 5.41) is 5.74. The Morgan fingerprint density at radius 1 is 0.833 bits per heavy atom. The third-order valence-corrected chi connectivity index (χ3v) is 13.4. The van der Waals surface area contributed by atoms with Crippen molar-refractivity contribution in [3.05, 3.63) is 60.2 Å². The van der Waals surface area contributed by atoms with Gasteiger partial charge in [0.15, 0.2) is 0 Å². The third-order valence-electron chi connectivity index (χ3n) is 11.6. The van der Waals surface area contributed by atoms with Crippen molar-refractivity contribution in [2.45, 2.75) is 94.7 Å². The molecule has 4 fully saturated rings. The van der Waals surface area contributed by atoms with E-state index in [1.807, 2.05) is 6.92 Å². The van der Waals surface area contributed by atoms with E-state index in [-0.39, 0.29) is 30.3 Å². The first-order valence-corrected chi connectivity index (χ1v) is 20.8. The fraction of sp³-hybridized carbons (Fsp3) is 0.561. The number of hydrogen-bond donors (Lipinski definition) is 2. The fourth-order valence-corrected chi connectivity index (χ4v) is 10.1.